The van der Waals surface area contributed by atoms with Gasteiger partial charge in [-0.05, 0) is 12.5 Å². The van der Waals surface area contributed by atoms with E-state index in [2.05, 4.69) is 5.32 Å². The number of ether oxygens (including phenoxy) is 9. The lowest BCUT2D eigenvalue weighted by Gasteiger charge is -2.48. The predicted octanol–water partition coefficient (Wildman–Crippen LogP) is -12.9. The van der Waals surface area contributed by atoms with Crippen molar-refractivity contribution in [3.05, 3.63) is 11.6 Å². The van der Waals surface area contributed by atoms with Crippen molar-refractivity contribution in [3.63, 3.8) is 0 Å². The van der Waals surface area contributed by atoms with Crippen LogP contribution in [0.25, 0.3) is 0 Å². The van der Waals surface area contributed by atoms with E-state index in [4.69, 9.17) is 42.6 Å². The summed E-state index contributed by atoms with van der Waals surface area (Å²) in [7, 11) is 0. The van der Waals surface area contributed by atoms with Gasteiger partial charge in [-0.1, -0.05) is 6.08 Å². The first-order chi connectivity index (χ1) is 31.2. The van der Waals surface area contributed by atoms with Crippen LogP contribution in [0, 0.1) is 0 Å². The van der Waals surface area contributed by atoms with E-state index in [-0.39, 0.29) is 5.57 Å². The molecule has 5 fully saturated rings. The Hall–Kier alpha value is -1.42. The highest BCUT2D eigenvalue weighted by Crippen LogP contribution is 2.35. The minimum absolute atomic E-state index is 0.130. The van der Waals surface area contributed by atoms with Gasteiger partial charge in [0.05, 0.1) is 51.2 Å². The Morgan fingerprint density at radius 3 is 1.50 bits per heavy atom. The first-order valence-electron chi connectivity index (χ1n) is 21.2. The average molecular weight is 970 g/mol. The molecule has 5 heterocycles. The predicted molar refractivity (Wildman–Crippen MR) is 203 cm³/mol. The van der Waals surface area contributed by atoms with Gasteiger partial charge in [-0.15, -0.1) is 0 Å². The Balaban J connectivity index is 1.06. The van der Waals surface area contributed by atoms with Gasteiger partial charge in [0, 0.05) is 0 Å². The summed E-state index contributed by atoms with van der Waals surface area (Å²) in [4.78, 5) is 0. The molecular weight excluding hydrogens is 906 g/mol. The van der Waals surface area contributed by atoms with Gasteiger partial charge in [0.2, 0.25) is 0 Å². The van der Waals surface area contributed by atoms with Crippen LogP contribution in [0.1, 0.15) is 6.92 Å². The van der Waals surface area contributed by atoms with Crippen LogP contribution in [0.15, 0.2) is 11.6 Å². The lowest BCUT2D eigenvalue weighted by molar-refractivity contribution is -0.364. The van der Waals surface area contributed by atoms with E-state index in [0.717, 1.165) is 0 Å². The summed E-state index contributed by atoms with van der Waals surface area (Å²) in [5.41, 5.74) is -0.130. The molecule has 0 saturated carbocycles. The van der Waals surface area contributed by atoms with Crippen LogP contribution in [0.4, 0.5) is 0 Å². The third kappa shape index (κ3) is 10.9. The number of aliphatic hydroxyl groups is 19. The Kier molecular flexibility index (Phi) is 18.6. The minimum atomic E-state index is -2.04. The Morgan fingerprint density at radius 1 is 0.455 bits per heavy atom. The van der Waals surface area contributed by atoms with Crippen molar-refractivity contribution in [1.29, 1.82) is 0 Å². The molecule has 5 aliphatic heterocycles. The molecule has 0 aromatic carbocycles. The average Bonchev–Trinajstić information content (AvgIpc) is 3.30. The van der Waals surface area contributed by atoms with Crippen LogP contribution in [0.5, 0.6) is 0 Å². The fraction of sp³-hybridized carbons (Fsp3) is 0.946. The highest BCUT2D eigenvalue weighted by Gasteiger charge is 2.55. The molecule has 5 saturated heterocycles. The molecule has 6 aliphatic rings. The van der Waals surface area contributed by atoms with E-state index >= 15 is 0 Å². The third-order valence-corrected chi connectivity index (χ3v) is 12.7. The van der Waals surface area contributed by atoms with E-state index in [0.29, 0.717) is 0 Å². The molecule has 29 heteroatoms. The van der Waals surface area contributed by atoms with E-state index in [1.165, 1.54) is 13.0 Å². The quantitative estimate of drug-likeness (QED) is 0.0678. The summed E-state index contributed by atoms with van der Waals surface area (Å²) in [6.07, 6.45) is -46.2. The second-order valence-electron chi connectivity index (χ2n) is 17.0. The van der Waals surface area contributed by atoms with Gasteiger partial charge >= 0.3 is 0 Å². The van der Waals surface area contributed by atoms with E-state index in [9.17, 15) is 97.0 Å². The lowest BCUT2D eigenvalue weighted by Crippen LogP contribution is -2.68. The van der Waals surface area contributed by atoms with Gasteiger partial charge < -0.3 is 145 Å². The molecule has 0 radical (unpaired) electrons. The molecule has 29 atom stereocenters. The molecule has 0 aromatic rings. The van der Waals surface area contributed by atoms with Gasteiger partial charge in [-0.2, -0.15) is 0 Å². The van der Waals surface area contributed by atoms with Crippen molar-refractivity contribution >= 4 is 0 Å². The summed E-state index contributed by atoms with van der Waals surface area (Å²) >= 11 is 0. The zero-order chi connectivity index (χ0) is 48.6. The molecule has 66 heavy (non-hydrogen) atoms. The number of aliphatic hydroxyl groups excluding tert-OH is 19. The summed E-state index contributed by atoms with van der Waals surface area (Å²) in [5.74, 6) is 0. The fourth-order valence-electron chi connectivity index (χ4n) is 8.67. The Morgan fingerprint density at radius 2 is 0.924 bits per heavy atom. The van der Waals surface area contributed by atoms with Crippen molar-refractivity contribution in [2.24, 2.45) is 0 Å². The lowest BCUT2D eigenvalue weighted by atomic mass is 9.86. The molecule has 384 valence electrons. The highest BCUT2D eigenvalue weighted by molar-refractivity contribution is 5.23. The normalized spacial score (nSPS) is 52.8. The second-order valence-corrected chi connectivity index (χ2v) is 17.0. The van der Waals surface area contributed by atoms with Gasteiger partial charge in [-0.3, -0.25) is 0 Å². The van der Waals surface area contributed by atoms with Crippen molar-refractivity contribution < 1.29 is 140 Å². The molecule has 29 nitrogen and oxygen atoms in total. The van der Waals surface area contributed by atoms with Crippen molar-refractivity contribution in [3.8, 4) is 0 Å². The number of hydrogen-bond donors (Lipinski definition) is 20. The maximum atomic E-state index is 11.3. The van der Waals surface area contributed by atoms with Crippen molar-refractivity contribution in [1.82, 2.24) is 5.32 Å². The van der Waals surface area contributed by atoms with Crippen LogP contribution < -0.4 is 5.32 Å². The van der Waals surface area contributed by atoms with Crippen LogP contribution in [0.3, 0.4) is 0 Å². The van der Waals surface area contributed by atoms with Crippen LogP contribution in [-0.2, 0) is 42.6 Å². The Bertz CT molecular complexity index is 1550. The smallest absolute Gasteiger partial charge is 0.187 e. The second kappa shape index (κ2) is 22.8. The number of hydrogen-bond acceptors (Lipinski definition) is 29. The standard InChI is InChI=1S/C37H63NO28/c1-8-15(19(46)26(53)35(59-8)65-31-12(5-41)62-34(28(55)23(31)50)58-7-14-18(45)20(47)25(52)33(57)60-14)38-10-2-9(3-39)30(22(49)16(10)43)64-37-29(56)24(51)32(13(6-42)63-37)66-36-27(54)21(48)17(44)11(4-40)61-36/h2,8,10-57H,3-7H2,1H3/t8-,10+,11+,12+,13+,14-,15+,16+,17-,18+,19+,20+,21-,22+,23+,24+,25+,26+,27-,28-,29-,30-,31-,32-,33-,34+,35+,36-,37-/m1/s1. The molecule has 1 aliphatic carbocycles. The number of nitrogens with one attached hydrogen (secondary N) is 1. The molecular formula is C37H63NO28. The van der Waals surface area contributed by atoms with Crippen LogP contribution >= 0.6 is 0 Å². The molecule has 0 spiro atoms. The topological polar surface area (TPSA) is 479 Å². The van der Waals surface area contributed by atoms with Gasteiger partial charge in [0.1, 0.15) is 128 Å². The van der Waals surface area contributed by atoms with Gasteiger partial charge in [0.15, 0.2) is 31.5 Å². The van der Waals surface area contributed by atoms with E-state index < -0.39 is 211 Å². The Labute approximate surface area is 374 Å². The van der Waals surface area contributed by atoms with Gasteiger partial charge in [0.25, 0.3) is 0 Å². The first-order valence-corrected chi connectivity index (χ1v) is 21.2. The summed E-state index contributed by atoms with van der Waals surface area (Å²) < 4.78 is 49.7. The van der Waals surface area contributed by atoms with Crippen molar-refractivity contribution in [2.75, 3.05) is 33.0 Å². The summed E-state index contributed by atoms with van der Waals surface area (Å²) in [6.45, 7) is -2.68. The van der Waals surface area contributed by atoms with Crippen LogP contribution in [-0.4, -0.2) is 308 Å². The van der Waals surface area contributed by atoms with Crippen molar-refractivity contribution in [2.45, 2.75) is 185 Å². The maximum absolute atomic E-state index is 11.3. The van der Waals surface area contributed by atoms with E-state index in [1.54, 1.807) is 0 Å². The monoisotopic (exact) mass is 969 g/mol. The third-order valence-electron chi connectivity index (χ3n) is 12.7. The molecule has 0 amide bonds. The minimum Gasteiger partial charge on any atom is -0.394 e. The first kappa shape index (κ1) is 53.9. The zero-order valence-electron chi connectivity index (χ0n) is 35.0. The summed E-state index contributed by atoms with van der Waals surface area (Å²) in [6, 6.07) is -2.59. The SMILES string of the molecule is C[C@H]1O[C@@H](O[C@H]2[C@@H](O)[C@@H](O)[C@@H](OC[C@H]3O[C@@H](O)[C@@H](O)[C@@H](O)[C@H]3O)O[C@H]2CO)[C@@H](O)[C@@H](O)[C@H]1N[C@H]1C=C(CO)[C@@H](O[C@H]2O[C@@H](CO)[C@@H](O[C@H]3O[C@@H](CO)[C@@H](O)[C@@H](O)[C@H]3O)[C@@H](O)[C@H]2O)[C@@H](O)[C@H]1O. The number of rotatable bonds is 15. The summed E-state index contributed by atoms with van der Waals surface area (Å²) in [5, 5.41) is 202. The zero-order valence-corrected chi connectivity index (χ0v) is 35.0. The van der Waals surface area contributed by atoms with Crippen LogP contribution in [0.2, 0.25) is 0 Å². The maximum Gasteiger partial charge on any atom is 0.187 e. The molecule has 0 aromatic heterocycles. The molecule has 6 rings (SSSR count). The molecule has 0 bridgehead atoms. The fourth-order valence-corrected chi connectivity index (χ4v) is 8.67. The molecule has 0 unspecified atom stereocenters. The van der Waals surface area contributed by atoms with Gasteiger partial charge in [-0.25, -0.2) is 0 Å². The largest absolute Gasteiger partial charge is 0.394 e. The highest BCUT2D eigenvalue weighted by atomic mass is 16.8. The molecule has 20 N–H and O–H groups in total. The van der Waals surface area contributed by atoms with E-state index in [1.807, 2.05) is 0 Å².